The van der Waals surface area contributed by atoms with Crippen molar-refractivity contribution in [3.8, 4) is 0 Å². The molecule has 2 unspecified atom stereocenters. The molecule has 2 atom stereocenters. The van der Waals surface area contributed by atoms with Gasteiger partial charge in [-0.25, -0.2) is 4.39 Å². The quantitative estimate of drug-likeness (QED) is 0.643. The van der Waals surface area contributed by atoms with Crippen LogP contribution in [0.4, 0.5) is 4.39 Å². The van der Waals surface area contributed by atoms with Crippen molar-refractivity contribution in [3.05, 3.63) is 0 Å². The van der Waals surface area contributed by atoms with Crippen LogP contribution in [0.2, 0.25) is 0 Å². The first-order valence-electron chi connectivity index (χ1n) is 4.54. The average Bonchev–Trinajstić information content (AvgIpc) is 2.32. The van der Waals surface area contributed by atoms with Gasteiger partial charge in [0.2, 0.25) is 0 Å². The van der Waals surface area contributed by atoms with Gasteiger partial charge >= 0.3 is 0 Å². The van der Waals surface area contributed by atoms with Gasteiger partial charge in [-0.15, -0.1) is 0 Å². The maximum atomic E-state index is 13.0. The van der Waals surface area contributed by atoms with Gasteiger partial charge in [-0.2, -0.15) is 0 Å². The molecule has 12 heavy (non-hydrogen) atoms. The van der Waals surface area contributed by atoms with E-state index in [1.165, 1.54) is 0 Å². The minimum absolute atomic E-state index is 0.282. The molecule has 1 aliphatic heterocycles. The van der Waals surface area contributed by atoms with Gasteiger partial charge in [-0.05, 0) is 20.3 Å². The Morgan fingerprint density at radius 3 is 2.75 bits per heavy atom. The molecular formula is C9H18FNO. The van der Waals surface area contributed by atoms with Gasteiger partial charge in [-0.3, -0.25) is 4.90 Å². The van der Waals surface area contributed by atoms with Crippen LogP contribution in [0.15, 0.2) is 0 Å². The number of alkyl halides is 1. The summed E-state index contributed by atoms with van der Waals surface area (Å²) < 4.78 is 18.1. The third-order valence-electron chi connectivity index (χ3n) is 2.43. The second-order valence-electron chi connectivity index (χ2n) is 3.73. The van der Waals surface area contributed by atoms with Crippen molar-refractivity contribution in [1.29, 1.82) is 0 Å². The number of nitrogens with zero attached hydrogens (tertiary/aromatic N) is 1. The molecule has 1 saturated heterocycles. The maximum absolute atomic E-state index is 13.0. The van der Waals surface area contributed by atoms with E-state index in [9.17, 15) is 4.39 Å². The van der Waals surface area contributed by atoms with Crippen LogP contribution in [0.3, 0.4) is 0 Å². The van der Waals surface area contributed by atoms with Crippen LogP contribution in [-0.4, -0.2) is 43.4 Å². The van der Waals surface area contributed by atoms with Gasteiger partial charge in [0.15, 0.2) is 0 Å². The van der Waals surface area contributed by atoms with Crippen LogP contribution < -0.4 is 0 Å². The van der Waals surface area contributed by atoms with Gasteiger partial charge < -0.3 is 4.74 Å². The molecular weight excluding hydrogens is 157 g/mol. The summed E-state index contributed by atoms with van der Waals surface area (Å²) in [7, 11) is 1.67. The van der Waals surface area contributed by atoms with Gasteiger partial charge in [0.1, 0.15) is 6.17 Å². The van der Waals surface area contributed by atoms with Crippen molar-refractivity contribution in [1.82, 2.24) is 4.90 Å². The molecule has 0 saturated carbocycles. The normalized spacial score (nSPS) is 31.8. The van der Waals surface area contributed by atoms with Gasteiger partial charge in [0, 0.05) is 25.7 Å². The summed E-state index contributed by atoms with van der Waals surface area (Å²) in [4.78, 5) is 2.17. The van der Waals surface area contributed by atoms with E-state index in [1.54, 1.807) is 7.11 Å². The number of ether oxygens (including phenoxy) is 1. The molecule has 0 radical (unpaired) electrons. The predicted molar refractivity (Wildman–Crippen MR) is 47.0 cm³/mol. The fraction of sp³-hybridized carbons (Fsp3) is 1.00. The molecule has 0 aromatic rings. The molecule has 3 heteroatoms. The van der Waals surface area contributed by atoms with Crippen LogP contribution in [0.25, 0.3) is 0 Å². The molecule has 1 fully saturated rings. The zero-order valence-electron chi connectivity index (χ0n) is 8.09. The summed E-state index contributed by atoms with van der Waals surface area (Å²) in [6.45, 7) is 5.42. The Hall–Kier alpha value is -0.150. The van der Waals surface area contributed by atoms with E-state index in [0.717, 1.165) is 0 Å². The summed E-state index contributed by atoms with van der Waals surface area (Å²) in [5.41, 5.74) is 0. The molecule has 72 valence electrons. The number of rotatable bonds is 3. The summed E-state index contributed by atoms with van der Waals surface area (Å²) in [5, 5.41) is 0. The molecule has 1 rings (SSSR count). The Morgan fingerprint density at radius 1 is 1.58 bits per heavy atom. The Balaban J connectivity index is 2.47. The second kappa shape index (κ2) is 4.19. The molecule has 0 N–H and O–H groups in total. The number of hydrogen-bond acceptors (Lipinski definition) is 2. The van der Waals surface area contributed by atoms with E-state index >= 15 is 0 Å². The SMILES string of the molecule is COCC1CC(F)CN1C(C)C. The van der Waals surface area contributed by atoms with Crippen molar-refractivity contribution in [2.24, 2.45) is 0 Å². The van der Waals surface area contributed by atoms with E-state index in [1.807, 2.05) is 0 Å². The largest absolute Gasteiger partial charge is 0.383 e. The lowest BCUT2D eigenvalue weighted by Gasteiger charge is -2.27. The van der Waals surface area contributed by atoms with Crippen LogP contribution in [0.5, 0.6) is 0 Å². The Labute approximate surface area is 73.7 Å². The maximum Gasteiger partial charge on any atom is 0.114 e. The summed E-state index contributed by atoms with van der Waals surface area (Å²) in [6, 6.07) is 0.705. The highest BCUT2D eigenvalue weighted by atomic mass is 19.1. The van der Waals surface area contributed by atoms with E-state index in [4.69, 9.17) is 4.74 Å². The van der Waals surface area contributed by atoms with Gasteiger partial charge in [-0.1, -0.05) is 0 Å². The number of likely N-dealkylation sites (tertiary alicyclic amines) is 1. The first kappa shape index (κ1) is 9.93. The molecule has 0 aliphatic carbocycles. The van der Waals surface area contributed by atoms with Crippen molar-refractivity contribution >= 4 is 0 Å². The highest BCUT2D eigenvalue weighted by Crippen LogP contribution is 2.22. The average molecular weight is 175 g/mol. The highest BCUT2D eigenvalue weighted by molar-refractivity contribution is 4.86. The molecule has 0 amide bonds. The third kappa shape index (κ3) is 2.17. The second-order valence-corrected chi connectivity index (χ2v) is 3.73. The minimum Gasteiger partial charge on any atom is -0.383 e. The molecule has 1 aliphatic rings. The standard InChI is InChI=1S/C9H18FNO/c1-7(2)11-5-8(10)4-9(11)6-12-3/h7-9H,4-6H2,1-3H3. The first-order valence-corrected chi connectivity index (χ1v) is 4.54. The van der Waals surface area contributed by atoms with E-state index < -0.39 is 6.17 Å². The Kier molecular flexibility index (Phi) is 3.47. The highest BCUT2D eigenvalue weighted by Gasteiger charge is 2.33. The van der Waals surface area contributed by atoms with Crippen molar-refractivity contribution in [2.45, 2.75) is 38.5 Å². The molecule has 0 aromatic carbocycles. The van der Waals surface area contributed by atoms with Crippen molar-refractivity contribution in [3.63, 3.8) is 0 Å². The summed E-state index contributed by atoms with van der Waals surface area (Å²) >= 11 is 0. The smallest absolute Gasteiger partial charge is 0.114 e. The molecule has 0 spiro atoms. The van der Waals surface area contributed by atoms with Crippen LogP contribution in [0, 0.1) is 0 Å². The van der Waals surface area contributed by atoms with E-state index in [-0.39, 0.29) is 6.04 Å². The van der Waals surface area contributed by atoms with Gasteiger partial charge in [0.05, 0.1) is 6.61 Å². The predicted octanol–water partition coefficient (Wildman–Crippen LogP) is 1.45. The van der Waals surface area contributed by atoms with E-state index in [2.05, 4.69) is 18.7 Å². The summed E-state index contributed by atoms with van der Waals surface area (Å²) in [6.07, 6.45) is -0.0287. The molecule has 1 heterocycles. The zero-order valence-corrected chi connectivity index (χ0v) is 8.09. The third-order valence-corrected chi connectivity index (χ3v) is 2.43. The van der Waals surface area contributed by atoms with Crippen LogP contribution >= 0.6 is 0 Å². The fourth-order valence-corrected chi connectivity index (χ4v) is 1.87. The first-order chi connectivity index (χ1) is 5.65. The Morgan fingerprint density at radius 2 is 2.25 bits per heavy atom. The van der Waals surface area contributed by atoms with Gasteiger partial charge in [0.25, 0.3) is 0 Å². The lowest BCUT2D eigenvalue weighted by Crippen LogP contribution is -2.38. The molecule has 2 nitrogen and oxygen atoms in total. The fourth-order valence-electron chi connectivity index (χ4n) is 1.87. The monoisotopic (exact) mass is 175 g/mol. The van der Waals surface area contributed by atoms with E-state index in [0.29, 0.717) is 25.6 Å². The molecule has 0 bridgehead atoms. The molecule has 0 aromatic heterocycles. The van der Waals surface area contributed by atoms with Crippen LogP contribution in [0.1, 0.15) is 20.3 Å². The lowest BCUT2D eigenvalue weighted by atomic mass is 10.2. The Bertz CT molecular complexity index is 140. The number of methoxy groups -OCH3 is 1. The number of hydrogen-bond donors (Lipinski definition) is 0. The summed E-state index contributed by atoms with van der Waals surface area (Å²) in [5.74, 6) is 0. The van der Waals surface area contributed by atoms with Crippen LogP contribution in [-0.2, 0) is 4.74 Å². The van der Waals surface area contributed by atoms with Crippen molar-refractivity contribution in [2.75, 3.05) is 20.3 Å². The topological polar surface area (TPSA) is 12.5 Å². The van der Waals surface area contributed by atoms with Crippen molar-refractivity contribution < 1.29 is 9.13 Å². The zero-order chi connectivity index (χ0) is 9.14. The number of halogens is 1. The lowest BCUT2D eigenvalue weighted by molar-refractivity contribution is 0.0981. The minimum atomic E-state index is -0.660.